The number of hydrogen-bond acceptors (Lipinski definition) is 5. The number of alkyl halides is 3. The van der Waals surface area contributed by atoms with Crippen molar-refractivity contribution in [2.75, 3.05) is 0 Å². The molecule has 0 saturated carbocycles. The van der Waals surface area contributed by atoms with Gasteiger partial charge < -0.3 is 10.2 Å². The first-order chi connectivity index (χ1) is 14.0. The number of aliphatic hydroxyl groups is 2. The van der Waals surface area contributed by atoms with Crippen LogP contribution in [0.3, 0.4) is 0 Å². The molecule has 162 valence electrons. The van der Waals surface area contributed by atoms with E-state index >= 15 is 0 Å². The first-order valence-corrected chi connectivity index (χ1v) is 9.26. The van der Waals surface area contributed by atoms with Crippen molar-refractivity contribution >= 4 is 11.6 Å². The van der Waals surface area contributed by atoms with Crippen LogP contribution in [0.25, 0.3) is 11.3 Å². The van der Waals surface area contributed by atoms with E-state index in [0.29, 0.717) is 16.3 Å². The third kappa shape index (κ3) is 4.42. The van der Waals surface area contributed by atoms with E-state index in [0.717, 1.165) is 4.57 Å². The fourth-order valence-electron chi connectivity index (χ4n) is 3.02. The van der Waals surface area contributed by atoms with Crippen LogP contribution in [-0.4, -0.2) is 46.8 Å². The number of H-pyrrole nitrogens is 1. The first kappa shape index (κ1) is 22.1. The van der Waals surface area contributed by atoms with Gasteiger partial charge in [-0.25, -0.2) is 9.78 Å². The lowest BCUT2D eigenvalue weighted by atomic mass is 10.1. The van der Waals surface area contributed by atoms with Crippen LogP contribution in [0.5, 0.6) is 0 Å². The zero-order valence-electron chi connectivity index (χ0n) is 16.0. The second kappa shape index (κ2) is 8.25. The molecule has 8 nitrogen and oxygen atoms in total. The summed E-state index contributed by atoms with van der Waals surface area (Å²) in [5.74, 6) is 0.368. The van der Waals surface area contributed by atoms with Gasteiger partial charge in [0, 0.05) is 16.3 Å². The molecule has 3 rings (SSSR count). The van der Waals surface area contributed by atoms with Crippen molar-refractivity contribution < 1.29 is 23.4 Å². The Kier molecular flexibility index (Phi) is 6.06. The molecule has 12 heteroatoms. The summed E-state index contributed by atoms with van der Waals surface area (Å²) in [5.41, 5.74) is 0.275. The number of aromatic nitrogens is 5. The van der Waals surface area contributed by atoms with Crippen LogP contribution in [0.4, 0.5) is 13.2 Å². The SMILES string of the molecule is Cc1c(-c2ccc(Cl)cc2)n(CC(O)C(F)(F)F)c(=O)n1Cc1n[nH]c(C(C)O)n1. The third-order valence-electron chi connectivity index (χ3n) is 4.57. The van der Waals surface area contributed by atoms with Crippen LogP contribution in [0.1, 0.15) is 30.4 Å². The zero-order chi connectivity index (χ0) is 22.2. The van der Waals surface area contributed by atoms with Gasteiger partial charge in [0.1, 0.15) is 6.10 Å². The molecule has 2 aromatic heterocycles. The summed E-state index contributed by atoms with van der Waals surface area (Å²) >= 11 is 5.89. The van der Waals surface area contributed by atoms with Crippen LogP contribution in [0.2, 0.25) is 5.02 Å². The number of nitrogens with one attached hydrogen (secondary N) is 1. The lowest BCUT2D eigenvalue weighted by Gasteiger charge is -2.16. The van der Waals surface area contributed by atoms with Gasteiger partial charge in [0.25, 0.3) is 0 Å². The van der Waals surface area contributed by atoms with E-state index in [2.05, 4.69) is 15.2 Å². The van der Waals surface area contributed by atoms with E-state index in [4.69, 9.17) is 11.6 Å². The Balaban J connectivity index is 2.10. The topological polar surface area (TPSA) is 109 Å². The number of aliphatic hydroxyl groups excluding tert-OH is 2. The van der Waals surface area contributed by atoms with Gasteiger partial charge in [-0.15, -0.1) is 0 Å². The predicted octanol–water partition coefficient (Wildman–Crippen LogP) is 2.42. The van der Waals surface area contributed by atoms with Crippen molar-refractivity contribution in [2.24, 2.45) is 0 Å². The molecule has 3 N–H and O–H groups in total. The van der Waals surface area contributed by atoms with Gasteiger partial charge in [-0.3, -0.25) is 14.2 Å². The smallest absolute Gasteiger partial charge is 0.385 e. The number of hydrogen-bond donors (Lipinski definition) is 3. The molecule has 2 unspecified atom stereocenters. The molecular weight excluding hydrogens is 427 g/mol. The Morgan fingerprint density at radius 1 is 1.20 bits per heavy atom. The normalized spacial score (nSPS) is 14.1. The highest BCUT2D eigenvalue weighted by molar-refractivity contribution is 6.30. The van der Waals surface area contributed by atoms with Gasteiger partial charge in [0.15, 0.2) is 17.8 Å². The first-order valence-electron chi connectivity index (χ1n) is 8.89. The lowest BCUT2D eigenvalue weighted by Crippen LogP contribution is -2.37. The summed E-state index contributed by atoms with van der Waals surface area (Å²) in [6.45, 7) is 1.95. The van der Waals surface area contributed by atoms with Crippen LogP contribution >= 0.6 is 11.6 Å². The quantitative estimate of drug-likeness (QED) is 0.540. The van der Waals surface area contributed by atoms with Gasteiger partial charge in [0.2, 0.25) is 0 Å². The lowest BCUT2D eigenvalue weighted by molar-refractivity contribution is -0.207. The van der Waals surface area contributed by atoms with Crippen molar-refractivity contribution in [2.45, 2.75) is 45.3 Å². The summed E-state index contributed by atoms with van der Waals surface area (Å²) in [7, 11) is 0. The number of imidazole rings is 1. The summed E-state index contributed by atoms with van der Waals surface area (Å²) in [4.78, 5) is 17.0. The van der Waals surface area contributed by atoms with Crippen LogP contribution in [-0.2, 0) is 13.1 Å². The van der Waals surface area contributed by atoms with Crippen LogP contribution < -0.4 is 5.69 Å². The molecular formula is C18H19ClF3N5O3. The molecule has 0 aliphatic rings. The fraction of sp³-hybridized carbons (Fsp3) is 0.389. The van der Waals surface area contributed by atoms with Crippen molar-refractivity contribution in [3.8, 4) is 11.3 Å². The van der Waals surface area contributed by atoms with Gasteiger partial charge >= 0.3 is 11.9 Å². The van der Waals surface area contributed by atoms with Gasteiger partial charge in [-0.1, -0.05) is 23.7 Å². The minimum Gasteiger partial charge on any atom is -0.385 e. The second-order valence-corrected chi connectivity index (χ2v) is 7.23. The maximum Gasteiger partial charge on any atom is 0.416 e. The van der Waals surface area contributed by atoms with E-state index in [1.165, 1.54) is 11.5 Å². The highest BCUT2D eigenvalue weighted by Gasteiger charge is 2.39. The number of nitrogens with zero attached hydrogens (tertiary/aromatic N) is 4. The molecule has 1 aromatic carbocycles. The number of rotatable bonds is 6. The molecule has 0 spiro atoms. The standard InChI is InChI=1S/C18H19ClF3N5O3/c1-9-15(11-3-5-12(19)6-4-11)27(7-13(29)18(20,21)22)17(30)26(9)8-14-23-16(10(2)28)25-24-14/h3-6,10,13,28-29H,7-8H2,1-2H3,(H,23,24,25). The van der Waals surface area contributed by atoms with Gasteiger partial charge in [-0.05, 0) is 26.0 Å². The maximum absolute atomic E-state index is 13.0. The van der Waals surface area contributed by atoms with E-state index in [-0.39, 0.29) is 23.9 Å². The average molecular weight is 446 g/mol. The summed E-state index contributed by atoms with van der Waals surface area (Å²) in [5, 5.41) is 26.0. The largest absolute Gasteiger partial charge is 0.416 e. The minimum absolute atomic E-state index is 0.135. The van der Waals surface area contributed by atoms with Crippen LogP contribution in [0, 0.1) is 6.92 Å². The van der Waals surface area contributed by atoms with E-state index in [9.17, 15) is 28.2 Å². The molecule has 0 aliphatic carbocycles. The highest BCUT2D eigenvalue weighted by Crippen LogP contribution is 2.27. The van der Waals surface area contributed by atoms with Gasteiger partial charge in [0.05, 0.1) is 18.8 Å². The predicted molar refractivity (Wildman–Crippen MR) is 102 cm³/mol. The molecule has 0 fully saturated rings. The van der Waals surface area contributed by atoms with Gasteiger partial charge in [-0.2, -0.15) is 18.3 Å². The third-order valence-corrected chi connectivity index (χ3v) is 4.83. The molecule has 0 bridgehead atoms. The Hall–Kier alpha value is -2.63. The molecule has 0 radical (unpaired) electrons. The fourth-order valence-corrected chi connectivity index (χ4v) is 3.15. The Morgan fingerprint density at radius 2 is 1.83 bits per heavy atom. The Morgan fingerprint density at radius 3 is 2.37 bits per heavy atom. The molecule has 2 atom stereocenters. The molecule has 30 heavy (non-hydrogen) atoms. The van der Waals surface area contributed by atoms with Crippen molar-refractivity contribution in [3.63, 3.8) is 0 Å². The second-order valence-electron chi connectivity index (χ2n) is 6.79. The van der Waals surface area contributed by atoms with E-state index < -0.39 is 30.6 Å². The Labute approximate surface area is 173 Å². The molecule has 0 aliphatic heterocycles. The number of aromatic amines is 1. The van der Waals surface area contributed by atoms with E-state index in [1.807, 2.05) is 0 Å². The molecule has 0 amide bonds. The number of benzene rings is 1. The van der Waals surface area contributed by atoms with E-state index in [1.54, 1.807) is 31.2 Å². The van der Waals surface area contributed by atoms with Crippen molar-refractivity contribution in [3.05, 3.63) is 57.1 Å². The van der Waals surface area contributed by atoms with Crippen LogP contribution in [0.15, 0.2) is 29.1 Å². The molecule has 3 aromatic rings. The summed E-state index contributed by atoms with van der Waals surface area (Å²) in [6.07, 6.45) is -8.51. The minimum atomic E-state index is -4.89. The molecule has 2 heterocycles. The highest BCUT2D eigenvalue weighted by atomic mass is 35.5. The molecule has 0 saturated heterocycles. The average Bonchev–Trinajstić information content (AvgIpc) is 3.22. The Bertz CT molecular complexity index is 1090. The van der Waals surface area contributed by atoms with Crippen molar-refractivity contribution in [1.82, 2.24) is 24.3 Å². The number of halogens is 4. The summed E-state index contributed by atoms with van der Waals surface area (Å²) in [6, 6.07) is 6.24. The monoisotopic (exact) mass is 445 g/mol. The zero-order valence-corrected chi connectivity index (χ0v) is 16.7. The summed E-state index contributed by atoms with van der Waals surface area (Å²) < 4.78 is 40.9. The van der Waals surface area contributed by atoms with Crippen molar-refractivity contribution in [1.29, 1.82) is 0 Å². The maximum atomic E-state index is 13.0.